The molecule has 18 heavy (non-hydrogen) atoms. The molecule has 104 valence electrons. The second-order valence-electron chi connectivity index (χ2n) is 4.66. The second kappa shape index (κ2) is 11.5. The number of imidazole rings is 1. The maximum Gasteiger partial charge on any atom is 0.112 e. The van der Waals surface area contributed by atoms with E-state index in [4.69, 9.17) is 0 Å². The molecule has 0 spiro atoms. The molecule has 0 fully saturated rings. The summed E-state index contributed by atoms with van der Waals surface area (Å²) in [7, 11) is 0. The highest BCUT2D eigenvalue weighted by Gasteiger charge is 1.99. The fraction of sp³-hybridized carbons (Fsp3) is 0.667. The number of unbranched alkanes of at least 4 members (excludes halogenated alkanes) is 7. The predicted molar refractivity (Wildman–Crippen MR) is 85.3 cm³/mol. The Morgan fingerprint density at radius 2 is 1.72 bits per heavy atom. The lowest BCUT2D eigenvalue weighted by atomic mass is 10.1. The van der Waals surface area contributed by atoms with E-state index in [1.807, 2.05) is 23.2 Å². The lowest BCUT2D eigenvalue weighted by Crippen LogP contribution is -1.95. The molecule has 0 unspecified atom stereocenters. The van der Waals surface area contributed by atoms with E-state index in [1.54, 1.807) is 0 Å². The first-order chi connectivity index (χ1) is 8.38. The molecule has 0 aromatic carbocycles. The molecular weight excluding hydrogens is 288 g/mol. The van der Waals surface area contributed by atoms with Gasteiger partial charge in [0.15, 0.2) is 0 Å². The van der Waals surface area contributed by atoms with Crippen LogP contribution in [0.5, 0.6) is 0 Å². The van der Waals surface area contributed by atoms with E-state index in [0.29, 0.717) is 0 Å². The summed E-state index contributed by atoms with van der Waals surface area (Å²) < 4.78 is 2.02. The first-order valence-electron chi connectivity index (χ1n) is 7.02. The normalized spacial score (nSPS) is 10.1. The van der Waals surface area contributed by atoms with Crippen LogP contribution in [0.15, 0.2) is 19.0 Å². The monoisotopic (exact) mass is 314 g/mol. The Balaban J connectivity index is 0.00000289. The predicted octanol–water partition coefficient (Wildman–Crippen LogP) is 5.24. The van der Waals surface area contributed by atoms with Crippen molar-refractivity contribution >= 4 is 23.2 Å². The quantitative estimate of drug-likeness (QED) is 0.540. The Kier molecular flexibility index (Phi) is 11.2. The average Bonchev–Trinajstić information content (AvgIpc) is 2.80. The highest BCUT2D eigenvalue weighted by atomic mass is 79.9. The zero-order valence-electron chi connectivity index (χ0n) is 11.6. The summed E-state index contributed by atoms with van der Waals surface area (Å²) in [4.78, 5) is 4.34. The van der Waals surface area contributed by atoms with E-state index in [2.05, 4.69) is 18.5 Å². The van der Waals surface area contributed by atoms with Crippen LogP contribution in [-0.2, 0) is 6.42 Å². The van der Waals surface area contributed by atoms with Crippen molar-refractivity contribution in [1.29, 1.82) is 0 Å². The van der Waals surface area contributed by atoms with Crippen LogP contribution in [-0.4, -0.2) is 9.55 Å². The number of halogens is 1. The number of hydrogen-bond acceptors (Lipinski definition) is 1. The molecule has 0 bridgehead atoms. The van der Waals surface area contributed by atoms with E-state index < -0.39 is 0 Å². The van der Waals surface area contributed by atoms with Gasteiger partial charge in [0.05, 0.1) is 0 Å². The van der Waals surface area contributed by atoms with Gasteiger partial charge in [0.2, 0.25) is 0 Å². The Labute approximate surface area is 122 Å². The van der Waals surface area contributed by atoms with Crippen LogP contribution in [0.3, 0.4) is 0 Å². The highest BCUT2D eigenvalue weighted by molar-refractivity contribution is 8.93. The van der Waals surface area contributed by atoms with Crippen LogP contribution in [0.2, 0.25) is 0 Å². The standard InChI is InChI=1S/C15H26N2.BrH/c1-3-5-6-7-8-9-10-11-12-15-16-13-14-17(15)4-2;/h4,13-14H,2-3,5-12H2,1H3;1H. The van der Waals surface area contributed by atoms with Crippen molar-refractivity contribution in [3.63, 3.8) is 0 Å². The van der Waals surface area contributed by atoms with E-state index in [-0.39, 0.29) is 17.0 Å². The zero-order chi connectivity index (χ0) is 12.3. The van der Waals surface area contributed by atoms with Gasteiger partial charge in [-0.05, 0) is 6.42 Å². The van der Waals surface area contributed by atoms with Crippen LogP contribution in [0, 0.1) is 0 Å². The van der Waals surface area contributed by atoms with Crippen molar-refractivity contribution in [2.45, 2.75) is 64.7 Å². The van der Waals surface area contributed by atoms with E-state index in [1.165, 1.54) is 51.4 Å². The molecule has 0 N–H and O–H groups in total. The van der Waals surface area contributed by atoms with Gasteiger partial charge < -0.3 is 4.57 Å². The van der Waals surface area contributed by atoms with E-state index in [9.17, 15) is 0 Å². The van der Waals surface area contributed by atoms with Crippen LogP contribution in [0.25, 0.3) is 6.20 Å². The first kappa shape index (κ1) is 17.4. The number of nitrogens with zero attached hydrogens (tertiary/aromatic N) is 2. The molecule has 1 rings (SSSR count). The van der Waals surface area contributed by atoms with Crippen LogP contribution < -0.4 is 0 Å². The third-order valence-corrected chi connectivity index (χ3v) is 3.20. The molecule has 0 aliphatic carbocycles. The van der Waals surface area contributed by atoms with E-state index >= 15 is 0 Å². The van der Waals surface area contributed by atoms with Crippen molar-refractivity contribution in [3.8, 4) is 0 Å². The van der Waals surface area contributed by atoms with Crippen LogP contribution >= 0.6 is 17.0 Å². The van der Waals surface area contributed by atoms with Gasteiger partial charge in [-0.3, -0.25) is 0 Å². The molecule has 3 heteroatoms. The first-order valence-corrected chi connectivity index (χ1v) is 7.02. The highest BCUT2D eigenvalue weighted by Crippen LogP contribution is 2.10. The summed E-state index contributed by atoms with van der Waals surface area (Å²) >= 11 is 0. The molecule has 0 amide bonds. The summed E-state index contributed by atoms with van der Waals surface area (Å²) in [6.45, 7) is 6.04. The maximum atomic E-state index is 4.34. The van der Waals surface area contributed by atoms with Crippen molar-refractivity contribution in [2.24, 2.45) is 0 Å². The molecule has 2 nitrogen and oxygen atoms in total. The topological polar surface area (TPSA) is 17.8 Å². The summed E-state index contributed by atoms with van der Waals surface area (Å²) in [5, 5.41) is 0. The summed E-state index contributed by atoms with van der Waals surface area (Å²) in [5.74, 6) is 1.14. The van der Waals surface area contributed by atoms with E-state index in [0.717, 1.165) is 12.2 Å². The van der Waals surface area contributed by atoms with Gasteiger partial charge in [0.1, 0.15) is 5.82 Å². The molecule has 0 aliphatic heterocycles. The maximum absolute atomic E-state index is 4.34. The van der Waals surface area contributed by atoms with Gasteiger partial charge in [-0.2, -0.15) is 0 Å². The minimum absolute atomic E-state index is 0. The minimum Gasteiger partial charge on any atom is -0.311 e. The lowest BCUT2D eigenvalue weighted by Gasteiger charge is -2.03. The third kappa shape index (κ3) is 7.00. The van der Waals surface area contributed by atoms with Crippen molar-refractivity contribution in [1.82, 2.24) is 9.55 Å². The van der Waals surface area contributed by atoms with Gasteiger partial charge in [-0.1, -0.05) is 58.4 Å². The molecular formula is C15H27BrN2. The Hall–Kier alpha value is -0.570. The molecule has 0 saturated heterocycles. The van der Waals surface area contributed by atoms with Crippen molar-refractivity contribution in [2.75, 3.05) is 0 Å². The minimum atomic E-state index is 0. The largest absolute Gasteiger partial charge is 0.311 e. The lowest BCUT2D eigenvalue weighted by molar-refractivity contribution is 0.571. The molecule has 1 aromatic rings. The van der Waals surface area contributed by atoms with Gasteiger partial charge in [0, 0.05) is 25.0 Å². The Morgan fingerprint density at radius 3 is 2.33 bits per heavy atom. The fourth-order valence-corrected chi connectivity index (χ4v) is 2.12. The van der Waals surface area contributed by atoms with Gasteiger partial charge in [0.25, 0.3) is 0 Å². The molecule has 0 aliphatic rings. The van der Waals surface area contributed by atoms with Gasteiger partial charge in [-0.15, -0.1) is 17.0 Å². The summed E-state index contributed by atoms with van der Waals surface area (Å²) in [6.07, 6.45) is 17.6. The average molecular weight is 315 g/mol. The third-order valence-electron chi connectivity index (χ3n) is 3.20. The van der Waals surface area contributed by atoms with Crippen molar-refractivity contribution in [3.05, 3.63) is 24.8 Å². The summed E-state index contributed by atoms with van der Waals surface area (Å²) in [6, 6.07) is 0. The summed E-state index contributed by atoms with van der Waals surface area (Å²) in [5.41, 5.74) is 0. The van der Waals surface area contributed by atoms with Gasteiger partial charge in [-0.25, -0.2) is 4.98 Å². The SMILES string of the molecule is Br.C=Cn1ccnc1CCCCCCCCCC. The number of aryl methyl sites for hydroxylation is 1. The Morgan fingerprint density at radius 1 is 1.11 bits per heavy atom. The van der Waals surface area contributed by atoms with Crippen molar-refractivity contribution < 1.29 is 0 Å². The number of aromatic nitrogens is 2. The molecule has 0 atom stereocenters. The Bertz CT molecular complexity index is 307. The molecule has 0 saturated carbocycles. The second-order valence-corrected chi connectivity index (χ2v) is 4.66. The zero-order valence-corrected chi connectivity index (χ0v) is 13.3. The number of rotatable bonds is 10. The fourth-order valence-electron chi connectivity index (χ4n) is 2.12. The van der Waals surface area contributed by atoms with Gasteiger partial charge >= 0.3 is 0 Å². The molecule has 1 aromatic heterocycles. The van der Waals surface area contributed by atoms with Crippen LogP contribution in [0.4, 0.5) is 0 Å². The smallest absolute Gasteiger partial charge is 0.112 e. The molecule has 0 radical (unpaired) electrons. The van der Waals surface area contributed by atoms with Crippen LogP contribution in [0.1, 0.15) is 64.1 Å². The number of hydrogen-bond donors (Lipinski definition) is 0. The molecule has 1 heterocycles.